The summed E-state index contributed by atoms with van der Waals surface area (Å²) in [7, 11) is 0. The topological polar surface area (TPSA) is 85.6 Å². The molecular formula is C22H17F2NO5. The summed E-state index contributed by atoms with van der Waals surface area (Å²) in [6, 6.07) is 12.5. The van der Waals surface area contributed by atoms with E-state index in [9.17, 15) is 23.2 Å². The molecule has 1 aromatic heterocycles. The molecule has 0 aliphatic rings. The maximum absolute atomic E-state index is 13.2. The number of anilines is 1. The van der Waals surface area contributed by atoms with Gasteiger partial charge in [0, 0.05) is 22.9 Å². The van der Waals surface area contributed by atoms with Gasteiger partial charge in [0.15, 0.2) is 23.5 Å². The van der Waals surface area contributed by atoms with Gasteiger partial charge in [-0.1, -0.05) is 24.3 Å². The summed E-state index contributed by atoms with van der Waals surface area (Å²) in [5.74, 6) is -3.55. The van der Waals surface area contributed by atoms with Gasteiger partial charge in [0.05, 0.1) is 0 Å². The van der Waals surface area contributed by atoms with Crippen LogP contribution in [-0.2, 0) is 9.53 Å². The van der Waals surface area contributed by atoms with Crippen LogP contribution in [0.1, 0.15) is 34.8 Å². The van der Waals surface area contributed by atoms with Crippen LogP contribution in [0.4, 0.5) is 14.5 Å². The maximum atomic E-state index is 13.2. The normalized spacial score (nSPS) is 11.6. The first-order chi connectivity index (χ1) is 14.2. The van der Waals surface area contributed by atoms with Crippen LogP contribution in [0.3, 0.4) is 0 Å². The number of hydrogen-bond donors (Lipinski definition) is 1. The number of benzene rings is 2. The van der Waals surface area contributed by atoms with E-state index in [1.165, 1.54) is 26.0 Å². The third-order valence-electron chi connectivity index (χ3n) is 4.22. The number of esters is 1. The van der Waals surface area contributed by atoms with Crippen LogP contribution < -0.4 is 5.32 Å². The predicted octanol–water partition coefficient (Wildman–Crippen LogP) is 4.61. The first kappa shape index (κ1) is 20.9. The van der Waals surface area contributed by atoms with Gasteiger partial charge in [0.2, 0.25) is 5.76 Å². The molecule has 0 fully saturated rings. The lowest BCUT2D eigenvalue weighted by atomic mass is 10.1. The quantitative estimate of drug-likeness (QED) is 0.471. The summed E-state index contributed by atoms with van der Waals surface area (Å²) in [5, 5.41) is 2.33. The Bertz CT molecular complexity index is 1100. The molecule has 2 aromatic carbocycles. The SMILES string of the molecule is CC(=O)c1ccc(-c2ccc(C(=O)O[C@@H](C)C(=O)Nc3ccc(F)c(F)c3)o2)cc1. The largest absolute Gasteiger partial charge is 0.449 e. The summed E-state index contributed by atoms with van der Waals surface area (Å²) in [6.45, 7) is 2.79. The molecule has 1 N–H and O–H groups in total. The van der Waals surface area contributed by atoms with E-state index in [1.807, 2.05) is 0 Å². The van der Waals surface area contributed by atoms with Gasteiger partial charge < -0.3 is 14.5 Å². The second-order valence-electron chi connectivity index (χ2n) is 6.46. The molecule has 0 unspecified atom stereocenters. The zero-order valence-corrected chi connectivity index (χ0v) is 16.1. The second-order valence-corrected chi connectivity index (χ2v) is 6.46. The van der Waals surface area contributed by atoms with E-state index in [0.29, 0.717) is 16.9 Å². The summed E-state index contributed by atoms with van der Waals surface area (Å²) in [4.78, 5) is 35.7. The van der Waals surface area contributed by atoms with Gasteiger partial charge in [-0.2, -0.15) is 0 Å². The second kappa shape index (κ2) is 8.69. The number of furan rings is 1. The molecule has 1 atom stereocenters. The third kappa shape index (κ3) is 4.78. The van der Waals surface area contributed by atoms with E-state index in [1.54, 1.807) is 30.3 Å². The summed E-state index contributed by atoms with van der Waals surface area (Å²) < 4.78 is 36.7. The van der Waals surface area contributed by atoms with Crippen LogP contribution in [0.5, 0.6) is 0 Å². The fourth-order valence-corrected chi connectivity index (χ4v) is 2.56. The molecule has 0 saturated heterocycles. The van der Waals surface area contributed by atoms with Crippen LogP contribution in [0.2, 0.25) is 0 Å². The van der Waals surface area contributed by atoms with E-state index in [4.69, 9.17) is 9.15 Å². The van der Waals surface area contributed by atoms with Crippen molar-refractivity contribution in [3.8, 4) is 11.3 Å². The average molecular weight is 413 g/mol. The highest BCUT2D eigenvalue weighted by Crippen LogP contribution is 2.23. The van der Waals surface area contributed by atoms with E-state index in [0.717, 1.165) is 12.1 Å². The minimum Gasteiger partial charge on any atom is -0.449 e. The monoisotopic (exact) mass is 413 g/mol. The molecule has 1 heterocycles. The van der Waals surface area contributed by atoms with Crippen LogP contribution in [0, 0.1) is 11.6 Å². The number of carbonyl (C=O) groups excluding carboxylic acids is 3. The van der Waals surface area contributed by atoms with E-state index in [2.05, 4.69) is 5.32 Å². The lowest BCUT2D eigenvalue weighted by Gasteiger charge is -2.12. The summed E-state index contributed by atoms with van der Waals surface area (Å²) >= 11 is 0. The number of hydrogen-bond acceptors (Lipinski definition) is 5. The molecule has 0 radical (unpaired) electrons. The highest BCUT2D eigenvalue weighted by molar-refractivity contribution is 5.97. The van der Waals surface area contributed by atoms with E-state index < -0.39 is 29.6 Å². The third-order valence-corrected chi connectivity index (χ3v) is 4.22. The Morgan fingerprint density at radius 2 is 1.67 bits per heavy atom. The Labute approximate surface area is 170 Å². The Morgan fingerprint density at radius 1 is 0.967 bits per heavy atom. The summed E-state index contributed by atoms with van der Waals surface area (Å²) in [5.41, 5.74) is 1.23. The molecule has 0 aliphatic heterocycles. The Balaban J connectivity index is 1.63. The zero-order valence-electron chi connectivity index (χ0n) is 16.1. The van der Waals surface area contributed by atoms with Crippen molar-refractivity contribution in [1.82, 2.24) is 0 Å². The standard InChI is InChI=1S/C22H17F2NO5/c1-12(26)14-3-5-15(6-4-14)19-9-10-20(30-19)22(28)29-13(2)21(27)25-16-7-8-17(23)18(24)11-16/h3-11,13H,1-2H3,(H,25,27)/t13-/m0/s1. The average Bonchev–Trinajstić information content (AvgIpc) is 3.21. The van der Waals surface area contributed by atoms with Crippen molar-refractivity contribution >= 4 is 23.3 Å². The number of nitrogens with one attached hydrogen (secondary N) is 1. The number of rotatable bonds is 6. The van der Waals surface area contributed by atoms with Gasteiger partial charge in [-0.3, -0.25) is 9.59 Å². The zero-order chi connectivity index (χ0) is 21.8. The number of carbonyl (C=O) groups is 3. The van der Waals surface area contributed by atoms with Crippen molar-refractivity contribution in [2.24, 2.45) is 0 Å². The Morgan fingerprint density at radius 3 is 2.30 bits per heavy atom. The lowest BCUT2D eigenvalue weighted by molar-refractivity contribution is -0.123. The molecule has 0 saturated carbocycles. The first-order valence-electron chi connectivity index (χ1n) is 8.92. The molecule has 1 amide bonds. The van der Waals surface area contributed by atoms with Gasteiger partial charge in [-0.05, 0) is 38.1 Å². The molecule has 3 rings (SSSR count). The van der Waals surface area contributed by atoms with Crippen LogP contribution >= 0.6 is 0 Å². The number of ether oxygens (including phenoxy) is 1. The molecule has 154 valence electrons. The fourth-order valence-electron chi connectivity index (χ4n) is 2.56. The minimum atomic E-state index is -1.21. The lowest BCUT2D eigenvalue weighted by Crippen LogP contribution is -2.29. The Hall–Kier alpha value is -3.81. The van der Waals surface area contributed by atoms with Crippen LogP contribution in [-0.4, -0.2) is 23.8 Å². The smallest absolute Gasteiger partial charge is 0.375 e. The first-order valence-corrected chi connectivity index (χ1v) is 8.92. The van der Waals surface area contributed by atoms with Crippen molar-refractivity contribution in [3.05, 3.63) is 77.6 Å². The van der Waals surface area contributed by atoms with Gasteiger partial charge in [-0.25, -0.2) is 13.6 Å². The predicted molar refractivity (Wildman–Crippen MR) is 104 cm³/mol. The molecule has 8 heteroatoms. The van der Waals surface area contributed by atoms with Crippen molar-refractivity contribution in [1.29, 1.82) is 0 Å². The van der Waals surface area contributed by atoms with E-state index in [-0.39, 0.29) is 17.2 Å². The molecule has 0 bridgehead atoms. The highest BCUT2D eigenvalue weighted by Gasteiger charge is 2.22. The highest BCUT2D eigenvalue weighted by atomic mass is 19.2. The number of ketones is 1. The van der Waals surface area contributed by atoms with Gasteiger partial charge in [-0.15, -0.1) is 0 Å². The molecule has 6 nitrogen and oxygen atoms in total. The van der Waals surface area contributed by atoms with Gasteiger partial charge >= 0.3 is 5.97 Å². The minimum absolute atomic E-state index is 0.0242. The molecule has 0 aliphatic carbocycles. The molecule has 3 aromatic rings. The van der Waals surface area contributed by atoms with Crippen molar-refractivity contribution in [3.63, 3.8) is 0 Å². The fraction of sp³-hybridized carbons (Fsp3) is 0.136. The van der Waals surface area contributed by atoms with Crippen molar-refractivity contribution < 1.29 is 32.3 Å². The number of halogens is 2. The molecule has 0 spiro atoms. The number of amides is 1. The maximum Gasteiger partial charge on any atom is 0.375 e. The van der Waals surface area contributed by atoms with Crippen LogP contribution in [0.15, 0.2) is 59.0 Å². The van der Waals surface area contributed by atoms with E-state index >= 15 is 0 Å². The molecular weight excluding hydrogens is 396 g/mol. The Kier molecular flexibility index (Phi) is 6.06. The van der Waals surface area contributed by atoms with Crippen LogP contribution in [0.25, 0.3) is 11.3 Å². The van der Waals surface area contributed by atoms with Gasteiger partial charge in [0.1, 0.15) is 5.76 Å². The number of Topliss-reactive ketones (excluding diaryl/α,β-unsaturated/α-hetero) is 1. The molecule has 30 heavy (non-hydrogen) atoms. The van der Waals surface area contributed by atoms with Gasteiger partial charge in [0.25, 0.3) is 5.91 Å². The van der Waals surface area contributed by atoms with Crippen molar-refractivity contribution in [2.75, 3.05) is 5.32 Å². The summed E-state index contributed by atoms with van der Waals surface area (Å²) in [6.07, 6.45) is -1.21. The van der Waals surface area contributed by atoms with Crippen molar-refractivity contribution in [2.45, 2.75) is 20.0 Å².